The van der Waals surface area contributed by atoms with E-state index >= 15 is 0 Å². The molecule has 0 aliphatic heterocycles. The topological polar surface area (TPSA) is 12.0 Å². The zero-order valence-corrected chi connectivity index (χ0v) is 12.9. The van der Waals surface area contributed by atoms with E-state index in [-0.39, 0.29) is 0 Å². The summed E-state index contributed by atoms with van der Waals surface area (Å²) < 4.78 is 1.23. The molecule has 0 fully saturated rings. The van der Waals surface area contributed by atoms with Crippen LogP contribution in [0.2, 0.25) is 0 Å². The van der Waals surface area contributed by atoms with Gasteiger partial charge in [-0.3, -0.25) is 0 Å². The quantitative estimate of drug-likeness (QED) is 0.736. The van der Waals surface area contributed by atoms with Crippen molar-refractivity contribution in [3.8, 4) is 0 Å². The monoisotopic (exact) mass is 297 g/mol. The summed E-state index contributed by atoms with van der Waals surface area (Å²) in [6.07, 6.45) is 6.52. The van der Waals surface area contributed by atoms with Crippen molar-refractivity contribution in [2.75, 3.05) is 13.6 Å². The maximum Gasteiger partial charge on any atom is 0.0207 e. The van der Waals surface area contributed by atoms with Gasteiger partial charge in [-0.25, -0.2) is 0 Å². The number of hydrogen-bond donors (Lipinski definition) is 1. The lowest BCUT2D eigenvalue weighted by Crippen LogP contribution is -2.06. The van der Waals surface area contributed by atoms with Crippen LogP contribution in [0.1, 0.15) is 42.4 Å². The van der Waals surface area contributed by atoms with Crippen molar-refractivity contribution in [3.63, 3.8) is 0 Å². The molecule has 1 rings (SSSR count). The minimum absolute atomic E-state index is 1.15. The smallest absolute Gasteiger partial charge is 0.0207 e. The fraction of sp³-hybridized carbons (Fsp3) is 0.600. The average Bonchev–Trinajstić information content (AvgIpc) is 2.30. The first-order valence-electron chi connectivity index (χ1n) is 6.55. The highest BCUT2D eigenvalue weighted by Gasteiger charge is 2.02. The van der Waals surface area contributed by atoms with Gasteiger partial charge in [-0.05, 0) is 69.5 Å². The van der Waals surface area contributed by atoms with Crippen LogP contribution in [-0.4, -0.2) is 13.6 Å². The van der Waals surface area contributed by atoms with Crippen LogP contribution >= 0.6 is 15.9 Å². The van der Waals surface area contributed by atoms with Crippen LogP contribution in [0.15, 0.2) is 16.6 Å². The molecule has 17 heavy (non-hydrogen) atoms. The zero-order valence-electron chi connectivity index (χ0n) is 11.3. The summed E-state index contributed by atoms with van der Waals surface area (Å²) in [5, 5.41) is 3.19. The Labute approximate surface area is 114 Å². The van der Waals surface area contributed by atoms with Crippen molar-refractivity contribution < 1.29 is 0 Å². The Morgan fingerprint density at radius 2 is 1.71 bits per heavy atom. The SMILES string of the molecule is CNCCCCCCc1cc(C)c(Br)cc1C. The van der Waals surface area contributed by atoms with E-state index in [1.54, 1.807) is 0 Å². The lowest BCUT2D eigenvalue weighted by molar-refractivity contribution is 0.616. The van der Waals surface area contributed by atoms with Gasteiger partial charge in [0.15, 0.2) is 0 Å². The van der Waals surface area contributed by atoms with Gasteiger partial charge < -0.3 is 5.32 Å². The van der Waals surface area contributed by atoms with E-state index < -0.39 is 0 Å². The third kappa shape index (κ3) is 5.22. The number of aryl methyl sites for hydroxylation is 3. The van der Waals surface area contributed by atoms with Crippen molar-refractivity contribution in [1.82, 2.24) is 5.32 Å². The van der Waals surface area contributed by atoms with Crippen molar-refractivity contribution >= 4 is 15.9 Å². The van der Waals surface area contributed by atoms with Gasteiger partial charge in [0.1, 0.15) is 0 Å². The first-order valence-corrected chi connectivity index (χ1v) is 7.34. The maximum atomic E-state index is 3.58. The van der Waals surface area contributed by atoms with Gasteiger partial charge in [-0.15, -0.1) is 0 Å². The van der Waals surface area contributed by atoms with E-state index in [0.29, 0.717) is 0 Å². The van der Waals surface area contributed by atoms with E-state index in [2.05, 4.69) is 47.2 Å². The molecular formula is C15H24BrN. The molecule has 0 heterocycles. The molecule has 0 aliphatic rings. The Bertz CT molecular complexity index is 347. The van der Waals surface area contributed by atoms with Gasteiger partial charge in [0.05, 0.1) is 0 Å². The second-order valence-electron chi connectivity index (χ2n) is 4.80. The molecule has 1 nitrogen and oxygen atoms in total. The molecule has 0 bridgehead atoms. The Kier molecular flexibility index (Phi) is 6.83. The van der Waals surface area contributed by atoms with Crippen LogP contribution in [0, 0.1) is 13.8 Å². The lowest BCUT2D eigenvalue weighted by Gasteiger charge is -2.09. The van der Waals surface area contributed by atoms with Crippen LogP contribution in [0.5, 0.6) is 0 Å². The van der Waals surface area contributed by atoms with Gasteiger partial charge in [0, 0.05) is 4.47 Å². The number of halogens is 1. The van der Waals surface area contributed by atoms with Crippen LogP contribution in [0.25, 0.3) is 0 Å². The summed E-state index contributed by atoms with van der Waals surface area (Å²) in [5.41, 5.74) is 4.28. The molecule has 0 aliphatic carbocycles. The molecule has 1 aromatic carbocycles. The number of hydrogen-bond acceptors (Lipinski definition) is 1. The predicted octanol–water partition coefficient (Wildman–Crippen LogP) is 4.39. The average molecular weight is 298 g/mol. The third-order valence-corrected chi connectivity index (χ3v) is 4.09. The Morgan fingerprint density at radius 1 is 1.00 bits per heavy atom. The molecule has 0 spiro atoms. The van der Waals surface area contributed by atoms with Crippen LogP contribution in [0.4, 0.5) is 0 Å². The van der Waals surface area contributed by atoms with Crippen molar-refractivity contribution in [2.24, 2.45) is 0 Å². The van der Waals surface area contributed by atoms with Crippen molar-refractivity contribution in [1.29, 1.82) is 0 Å². The Morgan fingerprint density at radius 3 is 2.41 bits per heavy atom. The van der Waals surface area contributed by atoms with Gasteiger partial charge in [0.2, 0.25) is 0 Å². The first kappa shape index (κ1) is 14.7. The molecule has 0 radical (unpaired) electrons. The highest BCUT2D eigenvalue weighted by Crippen LogP contribution is 2.22. The van der Waals surface area contributed by atoms with Crippen molar-refractivity contribution in [2.45, 2.75) is 46.0 Å². The highest BCUT2D eigenvalue weighted by molar-refractivity contribution is 9.10. The molecule has 2 heteroatoms. The molecule has 0 saturated heterocycles. The van der Waals surface area contributed by atoms with Gasteiger partial charge in [0.25, 0.3) is 0 Å². The third-order valence-electron chi connectivity index (χ3n) is 3.24. The molecule has 96 valence electrons. The summed E-state index contributed by atoms with van der Waals surface area (Å²) in [5.74, 6) is 0. The molecule has 1 aromatic rings. The highest BCUT2D eigenvalue weighted by atomic mass is 79.9. The van der Waals surface area contributed by atoms with Gasteiger partial charge in [-0.2, -0.15) is 0 Å². The summed E-state index contributed by atoms with van der Waals surface area (Å²) in [7, 11) is 2.02. The van der Waals surface area contributed by atoms with Gasteiger partial charge >= 0.3 is 0 Å². The minimum Gasteiger partial charge on any atom is -0.320 e. The van der Waals surface area contributed by atoms with Crippen LogP contribution in [-0.2, 0) is 6.42 Å². The van der Waals surface area contributed by atoms with E-state index in [0.717, 1.165) is 6.54 Å². The van der Waals surface area contributed by atoms with Crippen LogP contribution < -0.4 is 5.32 Å². The predicted molar refractivity (Wildman–Crippen MR) is 79.7 cm³/mol. The van der Waals surface area contributed by atoms with E-state index in [9.17, 15) is 0 Å². The number of benzene rings is 1. The maximum absolute atomic E-state index is 3.58. The largest absolute Gasteiger partial charge is 0.320 e. The molecule has 1 N–H and O–H groups in total. The Balaban J connectivity index is 2.34. The molecule has 0 saturated carbocycles. The second kappa shape index (κ2) is 7.88. The first-order chi connectivity index (χ1) is 8.15. The molecule has 0 unspecified atom stereocenters. The van der Waals surface area contributed by atoms with E-state index in [1.165, 1.54) is 53.3 Å². The van der Waals surface area contributed by atoms with E-state index in [1.807, 2.05) is 7.05 Å². The number of rotatable bonds is 7. The summed E-state index contributed by atoms with van der Waals surface area (Å²) in [4.78, 5) is 0. The molecule has 0 atom stereocenters. The fourth-order valence-corrected chi connectivity index (χ4v) is 2.54. The fourth-order valence-electron chi connectivity index (χ4n) is 2.08. The summed E-state index contributed by atoms with van der Waals surface area (Å²) in [6, 6.07) is 4.57. The summed E-state index contributed by atoms with van der Waals surface area (Å²) in [6.45, 7) is 5.52. The van der Waals surface area contributed by atoms with E-state index in [4.69, 9.17) is 0 Å². The standard InChI is InChI=1S/C15H24BrN/c1-12-11-15(16)13(2)10-14(12)8-6-4-5-7-9-17-3/h10-11,17H,4-9H2,1-3H3. The Hall–Kier alpha value is -0.340. The van der Waals surface area contributed by atoms with Crippen LogP contribution in [0.3, 0.4) is 0 Å². The minimum atomic E-state index is 1.15. The second-order valence-corrected chi connectivity index (χ2v) is 5.65. The number of nitrogens with one attached hydrogen (secondary N) is 1. The molecule has 0 amide bonds. The normalized spacial score (nSPS) is 10.8. The molecular weight excluding hydrogens is 274 g/mol. The van der Waals surface area contributed by atoms with Gasteiger partial charge in [-0.1, -0.05) is 34.8 Å². The lowest BCUT2D eigenvalue weighted by atomic mass is 10.00. The molecule has 0 aromatic heterocycles. The number of unbranched alkanes of at least 4 members (excludes halogenated alkanes) is 3. The summed E-state index contributed by atoms with van der Waals surface area (Å²) >= 11 is 3.58. The van der Waals surface area contributed by atoms with Crippen molar-refractivity contribution in [3.05, 3.63) is 33.3 Å². The zero-order chi connectivity index (χ0) is 12.7.